The van der Waals surface area contributed by atoms with Crippen LogP contribution in [0.4, 0.5) is 0 Å². The van der Waals surface area contributed by atoms with Gasteiger partial charge in [-0.15, -0.1) is 10.2 Å². The van der Waals surface area contributed by atoms with Crippen LogP contribution in [0.15, 0.2) is 48.7 Å². The second-order valence-corrected chi connectivity index (χ2v) is 4.08. The Balaban J connectivity index is 2.01. The molecule has 90 valence electrons. The molecule has 2 aromatic heterocycles. The Bertz CT molecular complexity index is 661. The molecule has 1 aromatic carbocycles. The van der Waals surface area contributed by atoms with Crippen LogP contribution in [0.25, 0.3) is 5.65 Å². The van der Waals surface area contributed by atoms with E-state index in [1.54, 1.807) is 7.11 Å². The van der Waals surface area contributed by atoms with Gasteiger partial charge in [0, 0.05) is 6.42 Å². The zero-order valence-corrected chi connectivity index (χ0v) is 10.1. The fourth-order valence-electron chi connectivity index (χ4n) is 1.94. The molecule has 0 aliphatic heterocycles. The maximum atomic E-state index is 5.22. The van der Waals surface area contributed by atoms with Crippen molar-refractivity contribution in [3.8, 4) is 5.75 Å². The smallest absolute Gasteiger partial charge is 0.161 e. The van der Waals surface area contributed by atoms with E-state index in [4.69, 9.17) is 4.74 Å². The van der Waals surface area contributed by atoms with Crippen LogP contribution in [0, 0.1) is 0 Å². The molecule has 2 heterocycles. The van der Waals surface area contributed by atoms with E-state index in [-0.39, 0.29) is 0 Å². The van der Waals surface area contributed by atoms with E-state index >= 15 is 0 Å². The van der Waals surface area contributed by atoms with Crippen molar-refractivity contribution in [2.45, 2.75) is 6.42 Å². The quantitative estimate of drug-likeness (QED) is 0.704. The number of ether oxygens (including phenoxy) is 1. The van der Waals surface area contributed by atoms with Gasteiger partial charge < -0.3 is 4.74 Å². The van der Waals surface area contributed by atoms with Gasteiger partial charge in [-0.3, -0.25) is 4.40 Å². The van der Waals surface area contributed by atoms with Crippen LogP contribution in [-0.2, 0) is 6.42 Å². The minimum atomic E-state index is 0.759. The standard InChI is InChI=1S/C14H13N3O/c1-18-12-7-8-13-15-16-14(17(13)10-12)9-11-5-3-2-4-6-11/h2-8,10H,9H2,1H3. The fourth-order valence-corrected chi connectivity index (χ4v) is 1.94. The summed E-state index contributed by atoms with van der Waals surface area (Å²) in [5.74, 6) is 1.71. The van der Waals surface area contributed by atoms with Crippen molar-refractivity contribution in [2.24, 2.45) is 0 Å². The molecule has 3 rings (SSSR count). The van der Waals surface area contributed by atoms with E-state index in [0.29, 0.717) is 0 Å². The minimum Gasteiger partial charge on any atom is -0.495 e. The Kier molecular flexibility index (Phi) is 2.68. The summed E-state index contributed by atoms with van der Waals surface area (Å²) in [5, 5.41) is 8.37. The second-order valence-electron chi connectivity index (χ2n) is 4.08. The summed E-state index contributed by atoms with van der Waals surface area (Å²) >= 11 is 0. The molecule has 0 radical (unpaired) electrons. The average Bonchev–Trinajstić information content (AvgIpc) is 2.82. The molecule has 0 fully saturated rings. The van der Waals surface area contributed by atoms with Crippen LogP contribution in [0.5, 0.6) is 5.75 Å². The van der Waals surface area contributed by atoms with Gasteiger partial charge in [0.15, 0.2) is 5.65 Å². The third-order valence-electron chi connectivity index (χ3n) is 2.89. The number of benzene rings is 1. The lowest BCUT2D eigenvalue weighted by Gasteiger charge is -2.03. The molecule has 4 heteroatoms. The largest absolute Gasteiger partial charge is 0.495 e. The molecule has 3 aromatic rings. The highest BCUT2D eigenvalue weighted by atomic mass is 16.5. The number of fused-ring (bicyclic) bond motifs is 1. The predicted molar refractivity (Wildman–Crippen MR) is 68.8 cm³/mol. The van der Waals surface area contributed by atoms with Gasteiger partial charge >= 0.3 is 0 Å². The van der Waals surface area contributed by atoms with Crippen molar-refractivity contribution >= 4 is 5.65 Å². The van der Waals surface area contributed by atoms with Gasteiger partial charge in [0.2, 0.25) is 0 Å². The van der Waals surface area contributed by atoms with Crippen molar-refractivity contribution in [3.63, 3.8) is 0 Å². The average molecular weight is 239 g/mol. The summed E-state index contributed by atoms with van der Waals surface area (Å²) in [5.41, 5.74) is 2.05. The molecule has 0 spiro atoms. The normalized spacial score (nSPS) is 10.7. The molecule has 18 heavy (non-hydrogen) atoms. The molecule has 0 N–H and O–H groups in total. The number of hydrogen-bond donors (Lipinski definition) is 0. The summed E-state index contributed by atoms with van der Waals surface area (Å²) in [6.45, 7) is 0. The molecule has 0 atom stereocenters. The van der Waals surface area contributed by atoms with Gasteiger partial charge in [-0.05, 0) is 17.7 Å². The van der Waals surface area contributed by atoms with Crippen LogP contribution >= 0.6 is 0 Å². The van der Waals surface area contributed by atoms with Gasteiger partial charge in [0.1, 0.15) is 11.6 Å². The van der Waals surface area contributed by atoms with Crippen LogP contribution in [-0.4, -0.2) is 21.7 Å². The molecular weight excluding hydrogens is 226 g/mol. The summed E-state index contributed by atoms with van der Waals surface area (Å²) < 4.78 is 7.18. The molecule has 0 aliphatic rings. The zero-order chi connectivity index (χ0) is 12.4. The van der Waals surface area contributed by atoms with Gasteiger partial charge in [0.25, 0.3) is 0 Å². The van der Waals surface area contributed by atoms with Crippen LogP contribution in [0.3, 0.4) is 0 Å². The maximum absolute atomic E-state index is 5.22. The molecule has 0 saturated heterocycles. The van der Waals surface area contributed by atoms with E-state index in [2.05, 4.69) is 22.3 Å². The SMILES string of the molecule is COc1ccc2nnc(Cc3ccccc3)n2c1. The number of rotatable bonds is 3. The van der Waals surface area contributed by atoms with E-state index in [1.807, 2.05) is 40.9 Å². The van der Waals surface area contributed by atoms with Crippen molar-refractivity contribution in [1.82, 2.24) is 14.6 Å². The Morgan fingerprint density at radius 3 is 2.67 bits per heavy atom. The summed E-state index contributed by atoms with van der Waals surface area (Å²) in [7, 11) is 1.66. The van der Waals surface area contributed by atoms with E-state index in [1.165, 1.54) is 5.56 Å². The van der Waals surface area contributed by atoms with E-state index in [0.717, 1.165) is 23.6 Å². The van der Waals surface area contributed by atoms with Crippen molar-refractivity contribution in [3.05, 3.63) is 60.0 Å². The number of nitrogens with zero attached hydrogens (tertiary/aromatic N) is 3. The third-order valence-corrected chi connectivity index (χ3v) is 2.89. The van der Waals surface area contributed by atoms with Gasteiger partial charge in [0.05, 0.1) is 13.3 Å². The highest BCUT2D eigenvalue weighted by Crippen LogP contribution is 2.15. The first-order chi connectivity index (χ1) is 8.86. The summed E-state index contributed by atoms with van der Waals surface area (Å²) in [6.07, 6.45) is 2.67. The highest BCUT2D eigenvalue weighted by Gasteiger charge is 2.06. The van der Waals surface area contributed by atoms with Crippen LogP contribution in [0.1, 0.15) is 11.4 Å². The molecule has 0 amide bonds. The molecule has 0 saturated carbocycles. The number of aromatic nitrogens is 3. The Labute approximate surface area is 105 Å². The Morgan fingerprint density at radius 2 is 1.89 bits per heavy atom. The molecular formula is C14H13N3O. The Morgan fingerprint density at radius 1 is 1.06 bits per heavy atom. The minimum absolute atomic E-state index is 0.759. The lowest BCUT2D eigenvalue weighted by molar-refractivity contribution is 0.412. The monoisotopic (exact) mass is 239 g/mol. The topological polar surface area (TPSA) is 39.4 Å². The van der Waals surface area contributed by atoms with Gasteiger partial charge in [-0.1, -0.05) is 30.3 Å². The lowest BCUT2D eigenvalue weighted by atomic mass is 10.1. The van der Waals surface area contributed by atoms with Crippen molar-refractivity contribution < 1.29 is 4.74 Å². The van der Waals surface area contributed by atoms with Gasteiger partial charge in [-0.25, -0.2) is 0 Å². The number of methoxy groups -OCH3 is 1. The highest BCUT2D eigenvalue weighted by molar-refractivity contribution is 5.42. The van der Waals surface area contributed by atoms with E-state index < -0.39 is 0 Å². The summed E-state index contributed by atoms with van der Waals surface area (Å²) in [6, 6.07) is 14.0. The maximum Gasteiger partial charge on any atom is 0.161 e. The molecule has 0 unspecified atom stereocenters. The number of hydrogen-bond acceptors (Lipinski definition) is 3. The first-order valence-electron chi connectivity index (χ1n) is 5.78. The third kappa shape index (κ3) is 1.93. The Hall–Kier alpha value is -2.36. The van der Waals surface area contributed by atoms with Crippen molar-refractivity contribution in [2.75, 3.05) is 7.11 Å². The zero-order valence-electron chi connectivity index (χ0n) is 10.1. The predicted octanol–water partition coefficient (Wildman–Crippen LogP) is 2.33. The second kappa shape index (κ2) is 4.49. The fraction of sp³-hybridized carbons (Fsp3) is 0.143. The van der Waals surface area contributed by atoms with Crippen LogP contribution < -0.4 is 4.74 Å². The summed E-state index contributed by atoms with van der Waals surface area (Å²) in [4.78, 5) is 0. The molecule has 0 aliphatic carbocycles. The lowest BCUT2D eigenvalue weighted by Crippen LogP contribution is -1.97. The molecule has 4 nitrogen and oxygen atoms in total. The van der Waals surface area contributed by atoms with E-state index in [9.17, 15) is 0 Å². The first-order valence-corrected chi connectivity index (χ1v) is 5.78. The van der Waals surface area contributed by atoms with Crippen molar-refractivity contribution in [1.29, 1.82) is 0 Å². The first kappa shape index (κ1) is 10.8. The molecule has 0 bridgehead atoms. The van der Waals surface area contributed by atoms with Gasteiger partial charge in [-0.2, -0.15) is 0 Å². The number of pyridine rings is 1. The van der Waals surface area contributed by atoms with Crippen LogP contribution in [0.2, 0.25) is 0 Å².